The fourth-order valence-electron chi connectivity index (χ4n) is 1.80. The van der Waals surface area contributed by atoms with Gasteiger partial charge in [0, 0.05) is 6.54 Å². The van der Waals surface area contributed by atoms with E-state index in [-0.39, 0.29) is 5.82 Å². The van der Waals surface area contributed by atoms with Crippen molar-refractivity contribution < 1.29 is 13.9 Å². The highest BCUT2D eigenvalue weighted by atomic mass is 19.1. The van der Waals surface area contributed by atoms with Gasteiger partial charge in [-0.2, -0.15) is 0 Å². The van der Waals surface area contributed by atoms with Crippen molar-refractivity contribution in [3.63, 3.8) is 0 Å². The Morgan fingerprint density at radius 3 is 2.45 bits per heavy atom. The molecule has 0 aromatic heterocycles. The molecule has 3 nitrogen and oxygen atoms in total. The van der Waals surface area contributed by atoms with Gasteiger partial charge < -0.3 is 14.8 Å². The summed E-state index contributed by atoms with van der Waals surface area (Å²) in [5.41, 5.74) is 1.52. The summed E-state index contributed by atoms with van der Waals surface area (Å²) in [5, 5.41) is 3.02. The average molecular weight is 275 g/mol. The fourth-order valence-corrected chi connectivity index (χ4v) is 1.80. The minimum Gasteiger partial charge on any atom is -0.497 e. The Bertz CT molecular complexity index is 555. The maximum atomic E-state index is 13.5. The minimum absolute atomic E-state index is 0.250. The number of benzene rings is 2. The summed E-state index contributed by atoms with van der Waals surface area (Å²) in [7, 11) is 1.62. The molecule has 2 rings (SSSR count). The lowest BCUT2D eigenvalue weighted by Crippen LogP contribution is -2.12. The Balaban J connectivity index is 1.79. The number of ether oxygens (including phenoxy) is 2. The van der Waals surface area contributed by atoms with Crippen molar-refractivity contribution in [2.45, 2.75) is 6.92 Å². The number of hydrogen-bond donors (Lipinski definition) is 1. The van der Waals surface area contributed by atoms with Gasteiger partial charge in [0.25, 0.3) is 0 Å². The first kappa shape index (κ1) is 14.2. The third-order valence-electron chi connectivity index (χ3n) is 2.87. The van der Waals surface area contributed by atoms with E-state index in [0.29, 0.717) is 18.8 Å². The van der Waals surface area contributed by atoms with E-state index in [9.17, 15) is 4.39 Å². The molecular weight excluding hydrogens is 257 g/mol. The first-order chi connectivity index (χ1) is 9.69. The Kier molecular flexibility index (Phi) is 4.82. The van der Waals surface area contributed by atoms with Crippen LogP contribution in [0.3, 0.4) is 0 Å². The second-order valence-corrected chi connectivity index (χ2v) is 4.43. The number of halogens is 1. The van der Waals surface area contributed by atoms with Gasteiger partial charge in [-0.05, 0) is 48.9 Å². The molecule has 0 bridgehead atoms. The molecule has 0 atom stereocenters. The summed E-state index contributed by atoms with van der Waals surface area (Å²) in [6, 6.07) is 12.3. The van der Waals surface area contributed by atoms with Gasteiger partial charge in [0.15, 0.2) is 0 Å². The summed E-state index contributed by atoms with van der Waals surface area (Å²) in [6.45, 7) is 2.92. The number of rotatable bonds is 6. The van der Waals surface area contributed by atoms with Crippen molar-refractivity contribution in [1.29, 1.82) is 0 Å². The van der Waals surface area contributed by atoms with Crippen molar-refractivity contribution in [3.8, 4) is 11.5 Å². The Labute approximate surface area is 118 Å². The van der Waals surface area contributed by atoms with Crippen LogP contribution in [-0.4, -0.2) is 20.3 Å². The minimum atomic E-state index is -0.250. The van der Waals surface area contributed by atoms with E-state index in [2.05, 4.69) is 5.32 Å². The second-order valence-electron chi connectivity index (χ2n) is 4.43. The Morgan fingerprint density at radius 1 is 1.05 bits per heavy atom. The molecule has 4 heteroatoms. The molecule has 0 heterocycles. The van der Waals surface area contributed by atoms with Crippen LogP contribution in [0.1, 0.15) is 5.56 Å². The van der Waals surface area contributed by atoms with Gasteiger partial charge in [0.2, 0.25) is 0 Å². The SMILES string of the molecule is COc1ccc(OCCNc2cc(C)ccc2F)cc1. The zero-order valence-electron chi connectivity index (χ0n) is 11.7. The Hall–Kier alpha value is -2.23. The predicted octanol–water partition coefficient (Wildman–Crippen LogP) is 3.63. The van der Waals surface area contributed by atoms with Crippen LogP contribution in [0, 0.1) is 12.7 Å². The second kappa shape index (κ2) is 6.80. The van der Waals surface area contributed by atoms with E-state index in [1.165, 1.54) is 6.07 Å². The summed E-state index contributed by atoms with van der Waals surface area (Å²) in [5.74, 6) is 1.30. The van der Waals surface area contributed by atoms with Crippen LogP contribution in [0.5, 0.6) is 11.5 Å². The van der Waals surface area contributed by atoms with Crippen LogP contribution >= 0.6 is 0 Å². The van der Waals surface area contributed by atoms with Gasteiger partial charge in [-0.1, -0.05) is 6.07 Å². The van der Waals surface area contributed by atoms with Crippen molar-refractivity contribution in [3.05, 3.63) is 53.8 Å². The predicted molar refractivity (Wildman–Crippen MR) is 78.1 cm³/mol. The molecule has 2 aromatic carbocycles. The van der Waals surface area contributed by atoms with E-state index in [0.717, 1.165) is 17.1 Å². The van der Waals surface area contributed by atoms with Crippen molar-refractivity contribution in [2.75, 3.05) is 25.6 Å². The van der Waals surface area contributed by atoms with Crippen LogP contribution in [0.2, 0.25) is 0 Å². The normalized spacial score (nSPS) is 10.2. The molecule has 0 aliphatic rings. The molecule has 0 radical (unpaired) electrons. The van der Waals surface area contributed by atoms with E-state index >= 15 is 0 Å². The molecule has 0 aliphatic heterocycles. The summed E-state index contributed by atoms with van der Waals surface area (Å²) < 4.78 is 24.1. The molecule has 1 N–H and O–H groups in total. The molecule has 0 unspecified atom stereocenters. The zero-order valence-corrected chi connectivity index (χ0v) is 11.7. The quantitative estimate of drug-likeness (QED) is 0.817. The maximum absolute atomic E-state index is 13.5. The number of hydrogen-bond acceptors (Lipinski definition) is 3. The van der Waals surface area contributed by atoms with E-state index in [1.807, 2.05) is 31.2 Å². The van der Waals surface area contributed by atoms with Crippen LogP contribution in [0.4, 0.5) is 10.1 Å². The first-order valence-electron chi connectivity index (χ1n) is 6.46. The molecule has 106 valence electrons. The summed E-state index contributed by atoms with van der Waals surface area (Å²) in [6.07, 6.45) is 0. The van der Waals surface area contributed by atoms with Crippen LogP contribution in [-0.2, 0) is 0 Å². The van der Waals surface area contributed by atoms with Gasteiger partial charge in [0.1, 0.15) is 23.9 Å². The maximum Gasteiger partial charge on any atom is 0.146 e. The zero-order chi connectivity index (χ0) is 14.4. The van der Waals surface area contributed by atoms with Crippen LogP contribution < -0.4 is 14.8 Å². The van der Waals surface area contributed by atoms with Gasteiger partial charge in [0.05, 0.1) is 12.8 Å². The third kappa shape index (κ3) is 3.88. The average Bonchev–Trinajstić information content (AvgIpc) is 2.47. The fraction of sp³-hybridized carbons (Fsp3) is 0.250. The van der Waals surface area contributed by atoms with E-state index < -0.39 is 0 Å². The Morgan fingerprint density at radius 2 is 1.75 bits per heavy atom. The highest BCUT2D eigenvalue weighted by molar-refractivity contribution is 5.47. The molecule has 0 spiro atoms. The topological polar surface area (TPSA) is 30.5 Å². The molecular formula is C16H18FNO2. The van der Waals surface area contributed by atoms with E-state index in [4.69, 9.17) is 9.47 Å². The first-order valence-corrected chi connectivity index (χ1v) is 6.46. The van der Waals surface area contributed by atoms with Gasteiger partial charge in [-0.3, -0.25) is 0 Å². The highest BCUT2D eigenvalue weighted by Gasteiger charge is 2.01. The molecule has 0 aliphatic carbocycles. The molecule has 20 heavy (non-hydrogen) atoms. The number of anilines is 1. The van der Waals surface area contributed by atoms with Gasteiger partial charge in [-0.25, -0.2) is 4.39 Å². The molecule has 0 fully saturated rings. The summed E-state index contributed by atoms with van der Waals surface area (Å²) >= 11 is 0. The summed E-state index contributed by atoms with van der Waals surface area (Å²) in [4.78, 5) is 0. The largest absolute Gasteiger partial charge is 0.497 e. The van der Waals surface area contributed by atoms with Gasteiger partial charge in [-0.15, -0.1) is 0 Å². The standard InChI is InChI=1S/C16H18FNO2/c1-12-3-8-15(17)16(11-12)18-9-10-20-14-6-4-13(19-2)5-7-14/h3-8,11,18H,9-10H2,1-2H3. The molecule has 0 amide bonds. The van der Waals surface area contributed by atoms with E-state index in [1.54, 1.807) is 19.2 Å². The lowest BCUT2D eigenvalue weighted by atomic mass is 10.2. The molecule has 0 saturated heterocycles. The third-order valence-corrected chi connectivity index (χ3v) is 2.87. The lowest BCUT2D eigenvalue weighted by Gasteiger charge is -2.10. The van der Waals surface area contributed by atoms with Crippen molar-refractivity contribution in [1.82, 2.24) is 0 Å². The van der Waals surface area contributed by atoms with Crippen LogP contribution in [0.25, 0.3) is 0 Å². The van der Waals surface area contributed by atoms with Crippen molar-refractivity contribution in [2.24, 2.45) is 0 Å². The van der Waals surface area contributed by atoms with Crippen LogP contribution in [0.15, 0.2) is 42.5 Å². The monoisotopic (exact) mass is 275 g/mol. The molecule has 0 saturated carbocycles. The smallest absolute Gasteiger partial charge is 0.146 e. The number of aryl methyl sites for hydroxylation is 1. The van der Waals surface area contributed by atoms with Crippen molar-refractivity contribution >= 4 is 5.69 Å². The molecule has 2 aromatic rings. The lowest BCUT2D eigenvalue weighted by molar-refractivity contribution is 0.331. The number of methoxy groups -OCH3 is 1. The van der Waals surface area contributed by atoms with Gasteiger partial charge >= 0.3 is 0 Å². The number of nitrogens with one attached hydrogen (secondary N) is 1. The highest BCUT2D eigenvalue weighted by Crippen LogP contribution is 2.17.